The predicted octanol–water partition coefficient (Wildman–Crippen LogP) is -0.218. The molecule has 3 N–H and O–H groups in total. The van der Waals surface area contributed by atoms with E-state index in [-0.39, 0.29) is 5.92 Å². The molecule has 0 radical (unpaired) electrons. The Balaban J connectivity index is 2.20. The standard InChI is InChI=1S/C10H16O4/c1-6-7(11)8(12)9(13)14-10(6)4-2-3-5-10/h2-3,6-9,11-13H,4-5H2,1H3/t6-,7-,8-,9?/m1/s1. The molecule has 80 valence electrons. The average Bonchev–Trinajstić information content (AvgIpc) is 2.62. The van der Waals surface area contributed by atoms with Crippen molar-refractivity contribution in [3.8, 4) is 0 Å². The van der Waals surface area contributed by atoms with Gasteiger partial charge in [-0.3, -0.25) is 0 Å². The minimum absolute atomic E-state index is 0.170. The van der Waals surface area contributed by atoms with Crippen molar-refractivity contribution in [2.24, 2.45) is 5.92 Å². The van der Waals surface area contributed by atoms with Crippen LogP contribution in [-0.4, -0.2) is 39.4 Å². The highest BCUT2D eigenvalue weighted by atomic mass is 16.6. The van der Waals surface area contributed by atoms with Crippen molar-refractivity contribution in [1.29, 1.82) is 0 Å². The summed E-state index contributed by atoms with van der Waals surface area (Å²) in [5, 5.41) is 28.6. The second-order valence-electron chi connectivity index (χ2n) is 4.22. The van der Waals surface area contributed by atoms with E-state index in [1.54, 1.807) is 0 Å². The molecular formula is C10H16O4. The molecule has 1 aliphatic heterocycles. The Bertz CT molecular complexity index is 243. The molecule has 0 saturated carbocycles. The summed E-state index contributed by atoms with van der Waals surface area (Å²) in [6.07, 6.45) is 1.95. The molecule has 0 aromatic heterocycles. The Kier molecular flexibility index (Phi) is 2.39. The smallest absolute Gasteiger partial charge is 0.184 e. The largest absolute Gasteiger partial charge is 0.390 e. The van der Waals surface area contributed by atoms with Crippen molar-refractivity contribution in [2.75, 3.05) is 0 Å². The van der Waals surface area contributed by atoms with Crippen molar-refractivity contribution in [3.63, 3.8) is 0 Å². The molecule has 4 heteroatoms. The van der Waals surface area contributed by atoms with Crippen molar-refractivity contribution >= 4 is 0 Å². The van der Waals surface area contributed by atoms with Gasteiger partial charge in [-0.15, -0.1) is 0 Å². The lowest BCUT2D eigenvalue weighted by molar-refractivity contribution is -0.301. The highest BCUT2D eigenvalue weighted by Gasteiger charge is 2.51. The molecule has 14 heavy (non-hydrogen) atoms. The van der Waals surface area contributed by atoms with Gasteiger partial charge < -0.3 is 20.1 Å². The van der Waals surface area contributed by atoms with Crippen molar-refractivity contribution in [2.45, 2.75) is 43.9 Å². The quantitative estimate of drug-likeness (QED) is 0.473. The maximum Gasteiger partial charge on any atom is 0.184 e. The van der Waals surface area contributed by atoms with E-state index in [0.717, 1.165) is 0 Å². The van der Waals surface area contributed by atoms with Crippen LogP contribution in [0.4, 0.5) is 0 Å². The number of aliphatic hydroxyl groups is 3. The van der Waals surface area contributed by atoms with Gasteiger partial charge in [0.25, 0.3) is 0 Å². The van der Waals surface area contributed by atoms with Crippen LogP contribution in [-0.2, 0) is 4.74 Å². The minimum atomic E-state index is -1.28. The number of hydrogen-bond donors (Lipinski definition) is 3. The third-order valence-electron chi connectivity index (χ3n) is 3.43. The van der Waals surface area contributed by atoms with Gasteiger partial charge in [-0.2, -0.15) is 0 Å². The van der Waals surface area contributed by atoms with E-state index in [9.17, 15) is 15.3 Å². The third kappa shape index (κ3) is 1.30. The predicted molar refractivity (Wildman–Crippen MR) is 49.4 cm³/mol. The number of rotatable bonds is 0. The second-order valence-corrected chi connectivity index (χ2v) is 4.22. The lowest BCUT2D eigenvalue weighted by Gasteiger charge is -2.46. The molecular weight excluding hydrogens is 184 g/mol. The Morgan fingerprint density at radius 3 is 2.29 bits per heavy atom. The summed E-state index contributed by atoms with van der Waals surface area (Å²) in [6, 6.07) is 0. The van der Waals surface area contributed by atoms with E-state index in [1.165, 1.54) is 0 Å². The van der Waals surface area contributed by atoms with Gasteiger partial charge >= 0.3 is 0 Å². The van der Waals surface area contributed by atoms with Crippen LogP contribution in [0.2, 0.25) is 0 Å². The Hall–Kier alpha value is -0.420. The molecule has 0 aromatic rings. The maximum atomic E-state index is 9.72. The van der Waals surface area contributed by atoms with Crippen LogP contribution in [0.3, 0.4) is 0 Å². The third-order valence-corrected chi connectivity index (χ3v) is 3.43. The first-order valence-corrected chi connectivity index (χ1v) is 4.94. The fraction of sp³-hybridized carbons (Fsp3) is 0.800. The van der Waals surface area contributed by atoms with E-state index >= 15 is 0 Å². The van der Waals surface area contributed by atoms with Crippen LogP contribution in [0.25, 0.3) is 0 Å². The van der Waals surface area contributed by atoms with Gasteiger partial charge in [-0.05, 0) is 12.8 Å². The van der Waals surface area contributed by atoms with Gasteiger partial charge in [0.1, 0.15) is 6.10 Å². The lowest BCUT2D eigenvalue weighted by Crippen LogP contribution is -2.59. The Morgan fingerprint density at radius 1 is 1.14 bits per heavy atom. The first-order valence-electron chi connectivity index (χ1n) is 4.94. The monoisotopic (exact) mass is 200 g/mol. The van der Waals surface area contributed by atoms with E-state index in [2.05, 4.69) is 0 Å². The topological polar surface area (TPSA) is 69.9 Å². The molecule has 1 saturated heterocycles. The van der Waals surface area contributed by atoms with Crippen LogP contribution in [0.5, 0.6) is 0 Å². The zero-order chi connectivity index (χ0) is 10.3. The van der Waals surface area contributed by atoms with Crippen LogP contribution in [0.15, 0.2) is 12.2 Å². The summed E-state index contributed by atoms with van der Waals surface area (Å²) in [5.74, 6) is -0.170. The van der Waals surface area contributed by atoms with Gasteiger partial charge in [-0.25, -0.2) is 0 Å². The highest BCUT2D eigenvalue weighted by Crippen LogP contribution is 2.42. The summed E-state index contributed by atoms with van der Waals surface area (Å²) >= 11 is 0. The zero-order valence-electron chi connectivity index (χ0n) is 8.13. The van der Waals surface area contributed by atoms with E-state index < -0.39 is 24.1 Å². The summed E-state index contributed by atoms with van der Waals surface area (Å²) in [7, 11) is 0. The molecule has 1 fully saturated rings. The fourth-order valence-electron chi connectivity index (χ4n) is 2.31. The van der Waals surface area contributed by atoms with E-state index in [1.807, 2.05) is 19.1 Å². The van der Waals surface area contributed by atoms with E-state index in [0.29, 0.717) is 12.8 Å². The summed E-state index contributed by atoms with van der Waals surface area (Å²) < 4.78 is 5.41. The van der Waals surface area contributed by atoms with Gasteiger partial charge in [0.05, 0.1) is 11.7 Å². The molecule has 4 atom stereocenters. The van der Waals surface area contributed by atoms with Gasteiger partial charge in [0.2, 0.25) is 0 Å². The number of aliphatic hydroxyl groups excluding tert-OH is 3. The molecule has 1 heterocycles. The number of hydrogen-bond acceptors (Lipinski definition) is 4. The maximum absolute atomic E-state index is 9.72. The molecule has 1 unspecified atom stereocenters. The molecule has 0 bridgehead atoms. The first kappa shape index (κ1) is 10.1. The van der Waals surface area contributed by atoms with Crippen LogP contribution >= 0.6 is 0 Å². The zero-order valence-corrected chi connectivity index (χ0v) is 8.13. The summed E-state index contributed by atoms with van der Waals surface area (Å²) in [4.78, 5) is 0. The molecule has 2 aliphatic rings. The summed E-state index contributed by atoms with van der Waals surface area (Å²) in [5.41, 5.74) is -0.516. The second kappa shape index (κ2) is 3.31. The fourth-order valence-corrected chi connectivity index (χ4v) is 2.31. The lowest BCUT2D eigenvalue weighted by atomic mass is 9.78. The highest BCUT2D eigenvalue weighted by molar-refractivity contribution is 5.10. The first-order chi connectivity index (χ1) is 6.57. The van der Waals surface area contributed by atoms with Crippen molar-refractivity contribution in [1.82, 2.24) is 0 Å². The van der Waals surface area contributed by atoms with Crippen molar-refractivity contribution < 1.29 is 20.1 Å². The summed E-state index contributed by atoms with van der Waals surface area (Å²) in [6.45, 7) is 1.84. The van der Waals surface area contributed by atoms with Crippen molar-refractivity contribution in [3.05, 3.63) is 12.2 Å². The van der Waals surface area contributed by atoms with Crippen LogP contribution in [0, 0.1) is 5.92 Å². The molecule has 1 spiro atoms. The Labute approximate surface area is 82.8 Å². The van der Waals surface area contributed by atoms with Gasteiger partial charge in [0, 0.05) is 5.92 Å². The number of ether oxygens (including phenoxy) is 1. The molecule has 0 aromatic carbocycles. The van der Waals surface area contributed by atoms with Crippen LogP contribution < -0.4 is 0 Å². The van der Waals surface area contributed by atoms with Crippen LogP contribution in [0.1, 0.15) is 19.8 Å². The minimum Gasteiger partial charge on any atom is -0.390 e. The van der Waals surface area contributed by atoms with Gasteiger partial charge in [-0.1, -0.05) is 19.1 Å². The molecule has 2 rings (SSSR count). The molecule has 1 aliphatic carbocycles. The van der Waals surface area contributed by atoms with Gasteiger partial charge in [0.15, 0.2) is 6.29 Å². The molecule has 0 amide bonds. The van der Waals surface area contributed by atoms with E-state index in [4.69, 9.17) is 4.74 Å². The average molecular weight is 200 g/mol. The molecule has 4 nitrogen and oxygen atoms in total. The normalized spacial score (nSPS) is 46.0. The Morgan fingerprint density at radius 2 is 1.71 bits per heavy atom. The SMILES string of the molecule is C[C@@H]1[C@@H](O)[C@@H](O)C(O)OC12CC=CC2.